The molecule has 2 aromatic carbocycles. The van der Waals surface area contributed by atoms with Gasteiger partial charge in [-0.15, -0.1) is 0 Å². The highest BCUT2D eigenvalue weighted by atomic mass is 16.3. The Morgan fingerprint density at radius 1 is 0.659 bits per heavy atom. The average molecular weight is 566 g/mol. The number of rotatable bonds is 9. The van der Waals surface area contributed by atoms with E-state index in [1.54, 1.807) is 0 Å². The molecule has 0 aliphatic carbocycles. The molecule has 2 aromatic rings. The lowest BCUT2D eigenvalue weighted by atomic mass is 9.77. The summed E-state index contributed by atoms with van der Waals surface area (Å²) in [4.78, 5) is 12.6. The molecule has 0 saturated carbocycles. The van der Waals surface area contributed by atoms with Gasteiger partial charge in [0.2, 0.25) is 5.91 Å². The molecule has 0 radical (unpaired) electrons. The van der Waals surface area contributed by atoms with Crippen molar-refractivity contribution in [2.45, 2.75) is 156 Å². The van der Waals surface area contributed by atoms with Crippen LogP contribution in [-0.4, -0.2) is 16.1 Å². The summed E-state index contributed by atoms with van der Waals surface area (Å²) in [6, 6.07) is 8.48. The zero-order valence-corrected chi connectivity index (χ0v) is 28.4. The van der Waals surface area contributed by atoms with Crippen LogP contribution < -0.4 is 5.32 Å². The second kappa shape index (κ2) is 12.8. The Labute approximate surface area is 251 Å². The zero-order chi connectivity index (χ0) is 31.6. The van der Waals surface area contributed by atoms with E-state index in [1.807, 2.05) is 6.92 Å². The molecule has 4 heteroatoms. The van der Waals surface area contributed by atoms with Crippen molar-refractivity contribution >= 4 is 5.91 Å². The summed E-state index contributed by atoms with van der Waals surface area (Å²) in [6.45, 7) is 27.6. The quantitative estimate of drug-likeness (QED) is 0.265. The van der Waals surface area contributed by atoms with Gasteiger partial charge in [-0.1, -0.05) is 115 Å². The minimum atomic E-state index is -0.221. The van der Waals surface area contributed by atoms with Gasteiger partial charge < -0.3 is 15.5 Å². The maximum atomic E-state index is 12.6. The van der Waals surface area contributed by atoms with Gasteiger partial charge in [0.15, 0.2) is 0 Å². The maximum absolute atomic E-state index is 12.6. The number of amides is 1. The lowest BCUT2D eigenvalue weighted by Crippen LogP contribution is -2.29. The monoisotopic (exact) mass is 565 g/mol. The van der Waals surface area contributed by atoms with Gasteiger partial charge in [-0.2, -0.15) is 0 Å². The third-order valence-electron chi connectivity index (χ3n) is 8.05. The van der Waals surface area contributed by atoms with E-state index in [0.717, 1.165) is 59.9 Å². The van der Waals surface area contributed by atoms with Crippen molar-refractivity contribution in [3.63, 3.8) is 0 Å². The molecule has 1 unspecified atom stereocenters. The Bertz CT molecular complexity index is 1130. The molecule has 0 aromatic heterocycles. The number of unbranched alkanes of at least 4 members (excludes halogenated alkanes) is 2. The highest BCUT2D eigenvalue weighted by Gasteiger charge is 2.29. The number of phenolic OH excluding ortho intramolecular Hbond substituents is 2. The van der Waals surface area contributed by atoms with Gasteiger partial charge in [0.25, 0.3) is 0 Å². The summed E-state index contributed by atoms with van der Waals surface area (Å²) in [5, 5.41) is 25.5. The van der Waals surface area contributed by atoms with Gasteiger partial charge in [0, 0.05) is 6.42 Å². The number of phenols is 2. The first-order chi connectivity index (χ1) is 18.6. The van der Waals surface area contributed by atoms with Gasteiger partial charge in [-0.3, -0.25) is 4.79 Å². The smallest absolute Gasteiger partial charge is 0.220 e. The van der Waals surface area contributed by atoms with Gasteiger partial charge in [-0.25, -0.2) is 0 Å². The molecular formula is C37H59NO3. The molecule has 0 heterocycles. The molecule has 1 atom stereocenters. The fourth-order valence-corrected chi connectivity index (χ4v) is 5.46. The molecule has 0 spiro atoms. The summed E-state index contributed by atoms with van der Waals surface area (Å²) < 4.78 is 0. The topological polar surface area (TPSA) is 69.6 Å². The van der Waals surface area contributed by atoms with Crippen LogP contribution in [0, 0.1) is 0 Å². The van der Waals surface area contributed by atoms with Crippen LogP contribution in [0.25, 0.3) is 0 Å². The number of aromatic hydroxyl groups is 2. The van der Waals surface area contributed by atoms with Gasteiger partial charge in [-0.05, 0) is 86.4 Å². The van der Waals surface area contributed by atoms with Gasteiger partial charge in [0.05, 0.1) is 6.04 Å². The molecule has 0 aliphatic rings. The van der Waals surface area contributed by atoms with Crippen molar-refractivity contribution in [3.8, 4) is 11.5 Å². The number of hydrogen-bond acceptors (Lipinski definition) is 3. The molecule has 41 heavy (non-hydrogen) atoms. The summed E-state index contributed by atoms with van der Waals surface area (Å²) in [6.07, 6.45) is 5.33. The summed E-state index contributed by atoms with van der Waals surface area (Å²) in [5.74, 6) is 0.847. The molecule has 0 aliphatic heterocycles. The van der Waals surface area contributed by atoms with Crippen molar-refractivity contribution in [2.24, 2.45) is 0 Å². The van der Waals surface area contributed by atoms with Crippen LogP contribution in [-0.2, 0) is 32.9 Å². The third-order valence-corrected chi connectivity index (χ3v) is 8.05. The van der Waals surface area contributed by atoms with Crippen LogP contribution in [0.1, 0.15) is 162 Å². The Morgan fingerprint density at radius 2 is 1.05 bits per heavy atom. The van der Waals surface area contributed by atoms with E-state index in [4.69, 9.17) is 0 Å². The number of hydrogen-bond donors (Lipinski definition) is 3. The molecule has 3 N–H and O–H groups in total. The largest absolute Gasteiger partial charge is 0.507 e. The zero-order valence-electron chi connectivity index (χ0n) is 28.4. The predicted octanol–water partition coefficient (Wildman–Crippen LogP) is 9.66. The number of carbonyl (C=O) groups is 1. The number of carbonyl (C=O) groups excluding carboxylic acids is 1. The van der Waals surface area contributed by atoms with Gasteiger partial charge >= 0.3 is 0 Å². The maximum Gasteiger partial charge on any atom is 0.220 e. The van der Waals surface area contributed by atoms with E-state index < -0.39 is 0 Å². The minimum Gasteiger partial charge on any atom is -0.507 e. The van der Waals surface area contributed by atoms with E-state index >= 15 is 0 Å². The van der Waals surface area contributed by atoms with Crippen molar-refractivity contribution in [1.29, 1.82) is 0 Å². The first-order valence-corrected chi connectivity index (χ1v) is 15.6. The van der Waals surface area contributed by atoms with Crippen LogP contribution in [0.3, 0.4) is 0 Å². The standard InChI is InChI=1S/C37H59NO3/c1-14-31(39)38-30(25-22-28(36(8,9)10)33(41)29(23-25)37(11,12)13)19-17-15-16-18-24-20-26(34(2,3)4)32(40)27(21-24)35(5,6)7/h20-23,30,40-41H,14-19H2,1-13H3,(H,38,39). The normalized spacial score (nSPS) is 13.8. The molecule has 0 saturated heterocycles. The van der Waals surface area contributed by atoms with Crippen molar-refractivity contribution < 1.29 is 15.0 Å². The highest BCUT2D eigenvalue weighted by Crippen LogP contribution is 2.42. The Kier molecular flexibility index (Phi) is 10.8. The average Bonchev–Trinajstić information content (AvgIpc) is 2.80. The predicted molar refractivity (Wildman–Crippen MR) is 174 cm³/mol. The molecular weight excluding hydrogens is 506 g/mol. The molecule has 0 bridgehead atoms. The first kappa shape index (κ1) is 34.7. The third kappa shape index (κ3) is 9.25. The Hall–Kier alpha value is -2.49. The fourth-order valence-electron chi connectivity index (χ4n) is 5.46. The van der Waals surface area contributed by atoms with Crippen LogP contribution in [0.5, 0.6) is 11.5 Å². The lowest BCUT2D eigenvalue weighted by Gasteiger charge is -2.30. The van der Waals surface area contributed by atoms with E-state index in [2.05, 4.69) is 113 Å². The summed E-state index contributed by atoms with van der Waals surface area (Å²) >= 11 is 0. The van der Waals surface area contributed by atoms with E-state index in [9.17, 15) is 15.0 Å². The van der Waals surface area contributed by atoms with Crippen molar-refractivity contribution in [3.05, 3.63) is 57.6 Å². The van der Waals surface area contributed by atoms with Crippen LogP contribution >= 0.6 is 0 Å². The SMILES string of the molecule is CCC(=O)NC(CCCCCc1cc(C(C)(C)C)c(O)c(C(C)(C)C)c1)c1cc(C(C)(C)C)c(O)c(C(C)(C)C)c1. The molecule has 230 valence electrons. The highest BCUT2D eigenvalue weighted by molar-refractivity contribution is 5.76. The van der Waals surface area contributed by atoms with E-state index in [1.165, 1.54) is 5.56 Å². The van der Waals surface area contributed by atoms with E-state index in [-0.39, 0.29) is 33.6 Å². The van der Waals surface area contributed by atoms with Crippen LogP contribution in [0.2, 0.25) is 0 Å². The Morgan fingerprint density at radius 3 is 1.41 bits per heavy atom. The fraction of sp³-hybridized carbons (Fsp3) is 0.649. The minimum absolute atomic E-state index is 0.0474. The van der Waals surface area contributed by atoms with Crippen molar-refractivity contribution in [2.75, 3.05) is 0 Å². The number of aryl methyl sites for hydroxylation is 1. The molecule has 0 fully saturated rings. The number of benzene rings is 2. The van der Waals surface area contributed by atoms with Crippen LogP contribution in [0.4, 0.5) is 0 Å². The van der Waals surface area contributed by atoms with Crippen LogP contribution in [0.15, 0.2) is 24.3 Å². The summed E-state index contributed by atoms with van der Waals surface area (Å²) in [7, 11) is 0. The summed E-state index contributed by atoms with van der Waals surface area (Å²) in [5.41, 5.74) is 5.51. The first-order valence-electron chi connectivity index (χ1n) is 15.6. The Balaban J connectivity index is 2.28. The second-order valence-electron chi connectivity index (χ2n) is 16.1. The number of nitrogens with one attached hydrogen (secondary N) is 1. The lowest BCUT2D eigenvalue weighted by molar-refractivity contribution is -0.121. The van der Waals surface area contributed by atoms with E-state index in [0.29, 0.717) is 17.9 Å². The molecule has 2 rings (SSSR count). The molecule has 1 amide bonds. The van der Waals surface area contributed by atoms with Crippen molar-refractivity contribution in [1.82, 2.24) is 5.32 Å². The molecule has 4 nitrogen and oxygen atoms in total. The second-order valence-corrected chi connectivity index (χ2v) is 16.1. The van der Waals surface area contributed by atoms with Gasteiger partial charge in [0.1, 0.15) is 11.5 Å².